The highest BCUT2D eigenvalue weighted by atomic mass is 16.5. The summed E-state index contributed by atoms with van der Waals surface area (Å²) in [5, 5.41) is 0. The molecule has 2 nitrogen and oxygen atoms in total. The van der Waals surface area contributed by atoms with E-state index in [9.17, 15) is 0 Å². The minimum atomic E-state index is -0.467. The smallest absolute Gasteiger partial charge is 0.400 e. The van der Waals surface area contributed by atoms with Crippen LogP contribution in [0.5, 0.6) is 0 Å². The minimum Gasteiger partial charge on any atom is -0.409 e. The molecule has 2 aliphatic rings. The maximum Gasteiger partial charge on any atom is 0.400 e. The van der Waals surface area contributed by atoms with E-state index in [2.05, 4.69) is 103 Å². The number of fused-ring (bicyclic) bond motifs is 1. The number of nitrogens with zero attached hydrogens (tertiary/aromatic N) is 1. The lowest BCUT2D eigenvalue weighted by Crippen LogP contribution is -2.44. The molecule has 3 atom stereocenters. The van der Waals surface area contributed by atoms with E-state index in [1.807, 2.05) is 7.62 Å². The Bertz CT molecular complexity index is 860. The van der Waals surface area contributed by atoms with Crippen LogP contribution in [0.4, 0.5) is 0 Å². The summed E-state index contributed by atoms with van der Waals surface area (Å²) in [5.41, 5.74) is 3.34. The van der Waals surface area contributed by atoms with Crippen LogP contribution < -0.4 is 0 Å². The molecule has 0 N–H and O–H groups in total. The van der Waals surface area contributed by atoms with Crippen molar-refractivity contribution in [3.8, 4) is 0 Å². The van der Waals surface area contributed by atoms with Gasteiger partial charge in [0.05, 0.1) is 0 Å². The van der Waals surface area contributed by atoms with Gasteiger partial charge in [0.2, 0.25) is 0 Å². The zero-order valence-corrected chi connectivity index (χ0v) is 15.5. The zero-order chi connectivity index (χ0) is 18.3. The molecule has 133 valence electrons. The van der Waals surface area contributed by atoms with Crippen LogP contribution in [-0.2, 0) is 10.3 Å². The quantitative estimate of drug-likeness (QED) is 0.619. The van der Waals surface area contributed by atoms with Crippen molar-refractivity contribution < 1.29 is 4.65 Å². The summed E-state index contributed by atoms with van der Waals surface area (Å²) in [7, 11) is 1.99. The second-order valence-corrected chi connectivity index (χ2v) is 7.72. The first-order valence-electron chi connectivity index (χ1n) is 9.75. The van der Waals surface area contributed by atoms with Gasteiger partial charge >= 0.3 is 7.62 Å². The third kappa shape index (κ3) is 2.57. The molecule has 2 heterocycles. The molecule has 3 unspecified atom stereocenters. The molecule has 1 radical (unpaired) electrons. The second-order valence-electron chi connectivity index (χ2n) is 7.72. The molecule has 2 fully saturated rings. The summed E-state index contributed by atoms with van der Waals surface area (Å²) in [6.45, 7) is 2.36. The van der Waals surface area contributed by atoms with Gasteiger partial charge in [-0.1, -0.05) is 97.9 Å². The van der Waals surface area contributed by atoms with Crippen molar-refractivity contribution in [2.24, 2.45) is 5.92 Å². The number of rotatable bonds is 3. The largest absolute Gasteiger partial charge is 0.409 e. The highest BCUT2D eigenvalue weighted by molar-refractivity contribution is 6.25. The molecule has 5 rings (SSSR count). The van der Waals surface area contributed by atoms with Crippen molar-refractivity contribution in [3.05, 3.63) is 108 Å². The summed E-state index contributed by atoms with van der Waals surface area (Å²) in [6, 6.07) is 32.8. The first-order valence-corrected chi connectivity index (χ1v) is 9.75. The highest BCUT2D eigenvalue weighted by Crippen LogP contribution is 2.54. The topological polar surface area (TPSA) is 12.5 Å². The van der Waals surface area contributed by atoms with Gasteiger partial charge in [-0.05, 0) is 29.0 Å². The third-order valence-electron chi connectivity index (χ3n) is 6.18. The molecule has 0 bridgehead atoms. The molecular formula is C24H23BNO. The molecule has 0 aromatic heterocycles. The van der Waals surface area contributed by atoms with Crippen molar-refractivity contribution in [2.75, 3.05) is 0 Å². The van der Waals surface area contributed by atoms with Gasteiger partial charge in [-0.25, -0.2) is 0 Å². The Morgan fingerprint density at radius 1 is 0.815 bits per heavy atom. The van der Waals surface area contributed by atoms with Gasteiger partial charge in [0, 0.05) is 12.1 Å². The highest BCUT2D eigenvalue weighted by Gasteiger charge is 2.58. The number of hydrogen-bond donors (Lipinski definition) is 0. The standard InChI is InChI=1S/C24H23BNO/c1-18-17-22(19-11-5-2-6-12-19)26-23(18)24(27-25-26,20-13-7-3-8-14-20)21-15-9-4-10-16-21/h2-16,18,22-23H,17H2,1H3. The molecule has 3 aromatic rings. The van der Waals surface area contributed by atoms with Gasteiger partial charge in [-0.3, -0.25) is 0 Å². The Labute approximate surface area is 162 Å². The van der Waals surface area contributed by atoms with Crippen molar-refractivity contribution in [3.63, 3.8) is 0 Å². The van der Waals surface area contributed by atoms with Crippen LogP contribution in [0.15, 0.2) is 91.0 Å². The fraction of sp³-hybridized carbons (Fsp3) is 0.250. The minimum absolute atomic E-state index is 0.271. The molecule has 0 saturated carbocycles. The van der Waals surface area contributed by atoms with Crippen LogP contribution in [-0.4, -0.2) is 18.5 Å². The Morgan fingerprint density at radius 3 is 1.89 bits per heavy atom. The van der Waals surface area contributed by atoms with Gasteiger partial charge in [0.15, 0.2) is 0 Å². The predicted octanol–water partition coefficient (Wildman–Crippen LogP) is 4.95. The molecule has 0 amide bonds. The maximum atomic E-state index is 6.60. The fourth-order valence-electron chi connectivity index (χ4n) is 5.05. The fourth-order valence-corrected chi connectivity index (χ4v) is 5.05. The van der Waals surface area contributed by atoms with Crippen molar-refractivity contribution in [2.45, 2.75) is 31.0 Å². The molecular weight excluding hydrogens is 329 g/mol. The number of benzene rings is 3. The maximum absolute atomic E-state index is 6.60. The van der Waals surface area contributed by atoms with E-state index in [0.717, 1.165) is 6.42 Å². The predicted molar refractivity (Wildman–Crippen MR) is 109 cm³/mol. The molecule has 3 aromatic carbocycles. The summed E-state index contributed by atoms with van der Waals surface area (Å²) < 4.78 is 6.60. The molecule has 3 heteroatoms. The number of hydrogen-bond acceptors (Lipinski definition) is 2. The van der Waals surface area contributed by atoms with E-state index in [0.29, 0.717) is 12.0 Å². The average Bonchev–Trinajstić information content (AvgIpc) is 3.30. The van der Waals surface area contributed by atoms with Gasteiger partial charge in [-0.2, -0.15) is 0 Å². The summed E-state index contributed by atoms with van der Waals surface area (Å²) in [4.78, 5) is 2.46. The Morgan fingerprint density at radius 2 is 1.33 bits per heavy atom. The third-order valence-corrected chi connectivity index (χ3v) is 6.18. The van der Waals surface area contributed by atoms with E-state index in [4.69, 9.17) is 4.65 Å². The summed E-state index contributed by atoms with van der Waals surface area (Å²) in [6.07, 6.45) is 1.13. The lowest BCUT2D eigenvalue weighted by atomic mass is 9.76. The van der Waals surface area contributed by atoms with Crippen LogP contribution in [0.25, 0.3) is 0 Å². The molecule has 0 spiro atoms. The van der Waals surface area contributed by atoms with Gasteiger partial charge in [0.25, 0.3) is 0 Å². The average molecular weight is 352 g/mol. The van der Waals surface area contributed by atoms with E-state index in [-0.39, 0.29) is 6.04 Å². The molecule has 2 aliphatic heterocycles. The van der Waals surface area contributed by atoms with Crippen LogP contribution in [0, 0.1) is 5.92 Å². The molecule has 2 saturated heterocycles. The normalized spacial score (nSPS) is 26.5. The lowest BCUT2D eigenvalue weighted by Gasteiger charge is -2.38. The van der Waals surface area contributed by atoms with Crippen LogP contribution >= 0.6 is 0 Å². The van der Waals surface area contributed by atoms with Crippen LogP contribution in [0.1, 0.15) is 36.1 Å². The molecule has 0 aliphatic carbocycles. The van der Waals surface area contributed by atoms with E-state index >= 15 is 0 Å². The lowest BCUT2D eigenvalue weighted by molar-refractivity contribution is 0.0894. The summed E-state index contributed by atoms with van der Waals surface area (Å²) >= 11 is 0. The van der Waals surface area contributed by atoms with Gasteiger partial charge < -0.3 is 9.47 Å². The Kier molecular flexibility index (Phi) is 4.15. The Hall–Kier alpha value is -2.36. The summed E-state index contributed by atoms with van der Waals surface area (Å²) in [5.74, 6) is 0.509. The van der Waals surface area contributed by atoms with E-state index in [1.165, 1.54) is 16.7 Å². The van der Waals surface area contributed by atoms with Crippen molar-refractivity contribution in [1.82, 2.24) is 4.81 Å². The van der Waals surface area contributed by atoms with E-state index in [1.54, 1.807) is 0 Å². The van der Waals surface area contributed by atoms with Crippen LogP contribution in [0.2, 0.25) is 0 Å². The van der Waals surface area contributed by atoms with Gasteiger partial charge in [-0.15, -0.1) is 0 Å². The first-order chi connectivity index (χ1) is 13.3. The monoisotopic (exact) mass is 352 g/mol. The van der Waals surface area contributed by atoms with Gasteiger partial charge in [0.1, 0.15) is 5.60 Å². The zero-order valence-electron chi connectivity index (χ0n) is 15.5. The first kappa shape index (κ1) is 16.8. The Balaban J connectivity index is 1.64. The second kappa shape index (κ2) is 6.67. The molecule has 27 heavy (non-hydrogen) atoms. The van der Waals surface area contributed by atoms with Crippen LogP contribution in [0.3, 0.4) is 0 Å². The van der Waals surface area contributed by atoms with Crippen molar-refractivity contribution >= 4 is 7.62 Å². The van der Waals surface area contributed by atoms with E-state index < -0.39 is 5.60 Å². The van der Waals surface area contributed by atoms with Crippen molar-refractivity contribution in [1.29, 1.82) is 0 Å². The SMILES string of the molecule is CC1CC(c2ccccc2)N2[B]OC(c3ccccc3)(c3ccccc3)C12.